The molecule has 0 aliphatic carbocycles. The SMILES string of the molecule is Cc1ccccc1CC(=O)OCC(=O)Nc1ccc(Cl)c([N+](=O)[O-])c1. The van der Waals surface area contributed by atoms with Crippen LogP contribution in [0.3, 0.4) is 0 Å². The fraction of sp³-hybridized carbons (Fsp3) is 0.176. The Morgan fingerprint density at radius 2 is 1.96 bits per heavy atom. The summed E-state index contributed by atoms with van der Waals surface area (Å²) in [6.45, 7) is 1.39. The van der Waals surface area contributed by atoms with Gasteiger partial charge in [0.05, 0.1) is 11.3 Å². The van der Waals surface area contributed by atoms with Crippen LogP contribution in [0.5, 0.6) is 0 Å². The number of amides is 1. The van der Waals surface area contributed by atoms with Crippen molar-refractivity contribution in [1.82, 2.24) is 0 Å². The molecule has 2 rings (SSSR count). The van der Waals surface area contributed by atoms with Gasteiger partial charge in [0.1, 0.15) is 5.02 Å². The van der Waals surface area contributed by atoms with E-state index in [0.29, 0.717) is 0 Å². The van der Waals surface area contributed by atoms with Crippen molar-refractivity contribution >= 4 is 34.9 Å². The Morgan fingerprint density at radius 1 is 1.24 bits per heavy atom. The molecule has 0 aliphatic heterocycles. The number of halogens is 1. The van der Waals surface area contributed by atoms with Gasteiger partial charge in [0.25, 0.3) is 11.6 Å². The normalized spacial score (nSPS) is 10.2. The molecule has 0 unspecified atom stereocenters. The van der Waals surface area contributed by atoms with Crippen molar-refractivity contribution < 1.29 is 19.2 Å². The van der Waals surface area contributed by atoms with E-state index in [-0.39, 0.29) is 22.8 Å². The van der Waals surface area contributed by atoms with Gasteiger partial charge in [0.2, 0.25) is 0 Å². The minimum Gasteiger partial charge on any atom is -0.455 e. The van der Waals surface area contributed by atoms with Gasteiger partial charge in [0.15, 0.2) is 6.61 Å². The zero-order valence-corrected chi connectivity index (χ0v) is 14.1. The molecular weight excluding hydrogens is 348 g/mol. The number of hydrogen-bond donors (Lipinski definition) is 1. The minimum absolute atomic E-state index is 0.0346. The lowest BCUT2D eigenvalue weighted by Crippen LogP contribution is -2.21. The second-order valence-corrected chi connectivity index (χ2v) is 5.64. The van der Waals surface area contributed by atoms with Crippen molar-refractivity contribution in [2.24, 2.45) is 0 Å². The van der Waals surface area contributed by atoms with E-state index in [1.807, 2.05) is 31.2 Å². The van der Waals surface area contributed by atoms with Crippen LogP contribution in [0.15, 0.2) is 42.5 Å². The summed E-state index contributed by atoms with van der Waals surface area (Å²) in [5.41, 5.74) is 1.64. The number of carbonyl (C=O) groups excluding carboxylic acids is 2. The third-order valence-electron chi connectivity index (χ3n) is 3.39. The molecule has 25 heavy (non-hydrogen) atoms. The van der Waals surface area contributed by atoms with Crippen molar-refractivity contribution in [1.29, 1.82) is 0 Å². The lowest BCUT2D eigenvalue weighted by molar-refractivity contribution is -0.384. The second-order valence-electron chi connectivity index (χ2n) is 5.24. The maximum atomic E-state index is 11.8. The first-order valence-corrected chi connectivity index (χ1v) is 7.68. The van der Waals surface area contributed by atoms with Crippen LogP contribution >= 0.6 is 11.6 Å². The topological polar surface area (TPSA) is 98.5 Å². The van der Waals surface area contributed by atoms with Gasteiger partial charge >= 0.3 is 5.97 Å². The number of aryl methyl sites for hydroxylation is 1. The maximum absolute atomic E-state index is 11.8. The fourth-order valence-corrected chi connectivity index (χ4v) is 2.27. The molecule has 7 nitrogen and oxygen atoms in total. The Labute approximate surface area is 148 Å². The third-order valence-corrected chi connectivity index (χ3v) is 3.71. The summed E-state index contributed by atoms with van der Waals surface area (Å²) in [5.74, 6) is -1.14. The molecule has 0 aliphatic rings. The van der Waals surface area contributed by atoms with Crippen LogP contribution in [0, 0.1) is 17.0 Å². The Morgan fingerprint density at radius 3 is 2.64 bits per heavy atom. The van der Waals surface area contributed by atoms with Crippen LogP contribution in [0.25, 0.3) is 0 Å². The summed E-state index contributed by atoms with van der Waals surface area (Å²) in [7, 11) is 0. The molecule has 130 valence electrons. The lowest BCUT2D eigenvalue weighted by Gasteiger charge is -2.08. The van der Waals surface area contributed by atoms with E-state index in [2.05, 4.69) is 5.32 Å². The first-order chi connectivity index (χ1) is 11.9. The number of nitrogens with zero attached hydrogens (tertiary/aromatic N) is 1. The summed E-state index contributed by atoms with van der Waals surface area (Å²) < 4.78 is 4.93. The van der Waals surface area contributed by atoms with Gasteiger partial charge in [0, 0.05) is 11.8 Å². The van der Waals surface area contributed by atoms with E-state index >= 15 is 0 Å². The third kappa shape index (κ3) is 5.29. The van der Waals surface area contributed by atoms with Crippen LogP contribution < -0.4 is 5.32 Å². The number of nitrogens with one attached hydrogen (secondary N) is 1. The largest absolute Gasteiger partial charge is 0.455 e. The van der Waals surface area contributed by atoms with Crippen LogP contribution in [-0.4, -0.2) is 23.4 Å². The van der Waals surface area contributed by atoms with E-state index < -0.39 is 23.4 Å². The van der Waals surface area contributed by atoms with Gasteiger partial charge in [-0.25, -0.2) is 0 Å². The molecule has 2 aromatic carbocycles. The summed E-state index contributed by atoms with van der Waals surface area (Å²) in [4.78, 5) is 33.8. The van der Waals surface area contributed by atoms with Crippen molar-refractivity contribution in [3.05, 3.63) is 68.7 Å². The standard InChI is InChI=1S/C17H15ClN2O5/c1-11-4-2-3-5-12(11)8-17(22)25-10-16(21)19-13-6-7-14(18)15(9-13)20(23)24/h2-7,9H,8,10H2,1H3,(H,19,21). The smallest absolute Gasteiger partial charge is 0.310 e. The summed E-state index contributed by atoms with van der Waals surface area (Å²) in [5, 5.41) is 13.2. The summed E-state index contributed by atoms with van der Waals surface area (Å²) in [6, 6.07) is 11.2. The molecule has 0 aromatic heterocycles. The predicted octanol–water partition coefficient (Wildman–Crippen LogP) is 3.28. The van der Waals surface area contributed by atoms with Crippen molar-refractivity contribution in [3.63, 3.8) is 0 Å². The highest BCUT2D eigenvalue weighted by Gasteiger charge is 2.15. The van der Waals surface area contributed by atoms with Crippen molar-refractivity contribution in [2.45, 2.75) is 13.3 Å². The lowest BCUT2D eigenvalue weighted by atomic mass is 10.1. The molecule has 0 bridgehead atoms. The molecule has 0 heterocycles. The van der Waals surface area contributed by atoms with Gasteiger partial charge in [-0.1, -0.05) is 35.9 Å². The molecule has 0 fully saturated rings. The van der Waals surface area contributed by atoms with Crippen LogP contribution in [0.1, 0.15) is 11.1 Å². The van der Waals surface area contributed by atoms with E-state index in [1.165, 1.54) is 12.1 Å². The number of hydrogen-bond acceptors (Lipinski definition) is 5. The molecule has 0 saturated carbocycles. The highest BCUT2D eigenvalue weighted by molar-refractivity contribution is 6.32. The molecular formula is C17H15ClN2O5. The molecule has 1 amide bonds. The number of anilines is 1. The zero-order chi connectivity index (χ0) is 18.4. The number of rotatable bonds is 6. The first-order valence-electron chi connectivity index (χ1n) is 7.30. The molecule has 0 radical (unpaired) electrons. The van der Waals surface area contributed by atoms with Crippen LogP contribution in [0.2, 0.25) is 5.02 Å². The molecule has 0 spiro atoms. The number of carbonyl (C=O) groups is 2. The number of esters is 1. The predicted molar refractivity (Wildman–Crippen MR) is 92.6 cm³/mol. The minimum atomic E-state index is -0.653. The maximum Gasteiger partial charge on any atom is 0.310 e. The molecule has 2 aromatic rings. The number of nitro groups is 1. The van der Waals surface area contributed by atoms with Gasteiger partial charge in [-0.15, -0.1) is 0 Å². The average Bonchev–Trinajstić information content (AvgIpc) is 2.56. The highest BCUT2D eigenvalue weighted by atomic mass is 35.5. The van der Waals surface area contributed by atoms with Crippen molar-refractivity contribution in [2.75, 3.05) is 11.9 Å². The van der Waals surface area contributed by atoms with Crippen LogP contribution in [0.4, 0.5) is 11.4 Å². The molecule has 1 N–H and O–H groups in total. The Hall–Kier alpha value is -2.93. The van der Waals surface area contributed by atoms with Crippen LogP contribution in [-0.2, 0) is 20.7 Å². The highest BCUT2D eigenvalue weighted by Crippen LogP contribution is 2.27. The van der Waals surface area contributed by atoms with Gasteiger partial charge in [-0.3, -0.25) is 19.7 Å². The Kier molecular flexibility index (Phi) is 6.08. The number of nitro benzene ring substituents is 1. The van der Waals surface area contributed by atoms with Crippen molar-refractivity contribution in [3.8, 4) is 0 Å². The molecule has 0 atom stereocenters. The number of ether oxygens (including phenoxy) is 1. The quantitative estimate of drug-likeness (QED) is 0.483. The summed E-state index contributed by atoms with van der Waals surface area (Å²) >= 11 is 5.70. The molecule has 8 heteroatoms. The Bertz CT molecular complexity index is 822. The average molecular weight is 363 g/mol. The monoisotopic (exact) mass is 362 g/mol. The van der Waals surface area contributed by atoms with E-state index in [0.717, 1.165) is 17.2 Å². The molecule has 0 saturated heterocycles. The van der Waals surface area contributed by atoms with E-state index in [9.17, 15) is 19.7 Å². The Balaban J connectivity index is 1.88. The zero-order valence-electron chi connectivity index (χ0n) is 13.3. The number of benzene rings is 2. The fourth-order valence-electron chi connectivity index (χ4n) is 2.09. The second kappa shape index (κ2) is 8.25. The summed E-state index contributed by atoms with van der Waals surface area (Å²) in [6.07, 6.45) is 0.0619. The van der Waals surface area contributed by atoms with Gasteiger partial charge < -0.3 is 10.1 Å². The first kappa shape index (κ1) is 18.4. The van der Waals surface area contributed by atoms with Gasteiger partial charge in [-0.2, -0.15) is 0 Å². The van der Waals surface area contributed by atoms with E-state index in [4.69, 9.17) is 16.3 Å². The van der Waals surface area contributed by atoms with E-state index in [1.54, 1.807) is 0 Å². The van der Waals surface area contributed by atoms with Gasteiger partial charge in [-0.05, 0) is 30.2 Å².